The Hall–Kier alpha value is -4.20. The van der Waals surface area contributed by atoms with Crippen LogP contribution < -0.4 is 10.1 Å². The molecule has 8 heteroatoms. The van der Waals surface area contributed by atoms with Crippen LogP contribution >= 0.6 is 0 Å². The van der Waals surface area contributed by atoms with Crippen LogP contribution in [0.4, 0.5) is 23.2 Å². The average molecular weight is 466 g/mol. The third kappa shape index (κ3) is 5.06. The zero-order chi connectivity index (χ0) is 24.3. The molecule has 4 aromatic rings. The smallest absolute Gasteiger partial charge is 0.416 e. The number of pyridine rings is 1. The van der Waals surface area contributed by atoms with Crippen molar-refractivity contribution in [2.45, 2.75) is 6.18 Å². The van der Waals surface area contributed by atoms with Gasteiger partial charge in [-0.05, 0) is 54.6 Å². The van der Waals surface area contributed by atoms with Gasteiger partial charge in [0.25, 0.3) is 5.91 Å². The summed E-state index contributed by atoms with van der Waals surface area (Å²) in [4.78, 5) is 17.0. The minimum Gasteiger partial charge on any atom is -0.497 e. The Balaban J connectivity index is 1.51. The number of carbonyl (C=O) groups excluding carboxylic acids is 1. The number of carbonyl (C=O) groups is 1. The molecule has 0 aliphatic carbocycles. The van der Waals surface area contributed by atoms with Crippen LogP contribution in [0, 0.1) is 5.82 Å². The molecule has 172 valence electrons. The van der Waals surface area contributed by atoms with E-state index in [0.29, 0.717) is 29.3 Å². The number of anilines is 1. The van der Waals surface area contributed by atoms with Crippen molar-refractivity contribution in [2.75, 3.05) is 12.4 Å². The molecule has 0 radical (unpaired) electrons. The van der Waals surface area contributed by atoms with Gasteiger partial charge in [-0.1, -0.05) is 30.3 Å². The van der Waals surface area contributed by atoms with Crippen LogP contribution in [0.2, 0.25) is 0 Å². The summed E-state index contributed by atoms with van der Waals surface area (Å²) in [6.45, 7) is 0. The maximum Gasteiger partial charge on any atom is 0.416 e. The first-order chi connectivity index (χ1) is 16.2. The van der Waals surface area contributed by atoms with E-state index < -0.39 is 29.0 Å². The Morgan fingerprint density at radius 3 is 2.18 bits per heavy atom. The standard InChI is InChI=1S/C26H18F4N2O2/c1-34-20-5-2-4-17(14-20)24-7-3-6-23(32-24)16-8-11-19(12-9-16)31-25(33)21-13-10-18(15-22(21)27)26(28,29)30/h2-15H,1H3,(H,31,33). The van der Waals surface area contributed by atoms with Crippen molar-refractivity contribution in [3.8, 4) is 28.3 Å². The van der Waals surface area contributed by atoms with E-state index in [9.17, 15) is 22.4 Å². The van der Waals surface area contributed by atoms with Crippen molar-refractivity contribution in [1.82, 2.24) is 4.98 Å². The molecule has 0 fully saturated rings. The molecule has 4 rings (SSSR count). The average Bonchev–Trinajstić information content (AvgIpc) is 2.84. The second kappa shape index (κ2) is 9.35. The highest BCUT2D eigenvalue weighted by Crippen LogP contribution is 2.30. The monoisotopic (exact) mass is 466 g/mol. The Morgan fingerprint density at radius 2 is 1.53 bits per heavy atom. The number of nitrogens with one attached hydrogen (secondary N) is 1. The molecule has 0 aliphatic rings. The van der Waals surface area contributed by atoms with E-state index in [0.717, 1.165) is 22.9 Å². The number of nitrogens with zero attached hydrogens (tertiary/aromatic N) is 1. The summed E-state index contributed by atoms with van der Waals surface area (Å²) in [5.74, 6) is -1.38. The van der Waals surface area contributed by atoms with E-state index in [1.165, 1.54) is 0 Å². The molecule has 0 unspecified atom stereocenters. The Morgan fingerprint density at radius 1 is 0.853 bits per heavy atom. The highest BCUT2D eigenvalue weighted by molar-refractivity contribution is 6.04. The number of methoxy groups -OCH3 is 1. The number of rotatable bonds is 5. The lowest BCUT2D eigenvalue weighted by atomic mass is 10.1. The van der Waals surface area contributed by atoms with Crippen LogP contribution in [0.5, 0.6) is 5.75 Å². The molecule has 4 nitrogen and oxygen atoms in total. The molecule has 1 N–H and O–H groups in total. The first kappa shape index (κ1) is 23.0. The molecule has 0 saturated heterocycles. The number of amides is 1. The molecule has 1 amide bonds. The number of benzene rings is 3. The fourth-order valence-corrected chi connectivity index (χ4v) is 3.34. The number of hydrogen-bond donors (Lipinski definition) is 1. The Kier molecular flexibility index (Phi) is 6.32. The topological polar surface area (TPSA) is 51.2 Å². The number of aromatic nitrogens is 1. The number of hydrogen-bond acceptors (Lipinski definition) is 3. The predicted octanol–water partition coefficient (Wildman–Crippen LogP) is 6.83. The molecule has 34 heavy (non-hydrogen) atoms. The molecular weight excluding hydrogens is 448 g/mol. The summed E-state index contributed by atoms with van der Waals surface area (Å²) >= 11 is 0. The molecular formula is C26H18F4N2O2. The van der Waals surface area contributed by atoms with Gasteiger partial charge in [0, 0.05) is 16.8 Å². The lowest BCUT2D eigenvalue weighted by Gasteiger charge is -2.10. The maximum absolute atomic E-state index is 14.1. The van der Waals surface area contributed by atoms with Gasteiger partial charge in [0.1, 0.15) is 11.6 Å². The third-order valence-corrected chi connectivity index (χ3v) is 5.09. The van der Waals surface area contributed by atoms with Gasteiger partial charge in [-0.2, -0.15) is 13.2 Å². The Labute approximate surface area is 192 Å². The van der Waals surface area contributed by atoms with Gasteiger partial charge in [0.2, 0.25) is 0 Å². The highest BCUT2D eigenvalue weighted by atomic mass is 19.4. The normalized spacial score (nSPS) is 11.2. The van der Waals surface area contributed by atoms with Gasteiger partial charge in [0.15, 0.2) is 0 Å². The molecule has 1 aromatic heterocycles. The second-order valence-corrected chi connectivity index (χ2v) is 7.36. The van der Waals surface area contributed by atoms with E-state index in [2.05, 4.69) is 10.3 Å². The minimum absolute atomic E-state index is 0.305. The zero-order valence-electron chi connectivity index (χ0n) is 17.9. The first-order valence-electron chi connectivity index (χ1n) is 10.1. The molecule has 3 aromatic carbocycles. The van der Waals surface area contributed by atoms with E-state index in [1.54, 1.807) is 31.4 Å². The van der Waals surface area contributed by atoms with Crippen molar-refractivity contribution in [1.29, 1.82) is 0 Å². The number of halogens is 4. The first-order valence-corrected chi connectivity index (χ1v) is 10.1. The van der Waals surface area contributed by atoms with Gasteiger partial charge < -0.3 is 10.1 Å². The quantitative estimate of drug-likeness (QED) is 0.328. The van der Waals surface area contributed by atoms with Crippen LogP contribution in [-0.4, -0.2) is 18.0 Å². The van der Waals surface area contributed by atoms with Crippen LogP contribution in [0.3, 0.4) is 0 Å². The minimum atomic E-state index is -4.69. The van der Waals surface area contributed by atoms with Crippen LogP contribution in [0.25, 0.3) is 22.5 Å². The largest absolute Gasteiger partial charge is 0.497 e. The maximum atomic E-state index is 14.1. The predicted molar refractivity (Wildman–Crippen MR) is 121 cm³/mol. The van der Waals surface area contributed by atoms with Crippen molar-refractivity contribution in [2.24, 2.45) is 0 Å². The summed E-state index contributed by atoms with van der Waals surface area (Å²) in [6.07, 6.45) is -4.69. The molecule has 0 spiro atoms. The van der Waals surface area contributed by atoms with Crippen molar-refractivity contribution >= 4 is 11.6 Å². The summed E-state index contributed by atoms with van der Waals surface area (Å²) in [6, 6.07) is 21.6. The van der Waals surface area contributed by atoms with E-state index >= 15 is 0 Å². The number of alkyl halides is 3. The lowest BCUT2D eigenvalue weighted by molar-refractivity contribution is -0.137. The second-order valence-electron chi connectivity index (χ2n) is 7.36. The summed E-state index contributed by atoms with van der Waals surface area (Å²) in [7, 11) is 1.59. The molecule has 0 bridgehead atoms. The van der Waals surface area contributed by atoms with Crippen LogP contribution in [0.15, 0.2) is 84.9 Å². The lowest BCUT2D eigenvalue weighted by Crippen LogP contribution is -2.15. The summed E-state index contributed by atoms with van der Waals surface area (Å²) in [5.41, 5.74) is 1.85. The number of ether oxygens (including phenoxy) is 1. The van der Waals surface area contributed by atoms with Crippen LogP contribution in [0.1, 0.15) is 15.9 Å². The van der Waals surface area contributed by atoms with E-state index in [1.807, 2.05) is 42.5 Å². The van der Waals surface area contributed by atoms with Crippen molar-refractivity contribution < 1.29 is 27.1 Å². The summed E-state index contributed by atoms with van der Waals surface area (Å²) < 4.78 is 57.4. The highest BCUT2D eigenvalue weighted by Gasteiger charge is 2.31. The fourth-order valence-electron chi connectivity index (χ4n) is 3.34. The van der Waals surface area contributed by atoms with Crippen molar-refractivity contribution in [3.05, 3.63) is 102 Å². The third-order valence-electron chi connectivity index (χ3n) is 5.09. The molecule has 0 atom stereocenters. The van der Waals surface area contributed by atoms with Crippen molar-refractivity contribution in [3.63, 3.8) is 0 Å². The summed E-state index contributed by atoms with van der Waals surface area (Å²) in [5, 5.41) is 2.49. The molecule has 0 aliphatic heterocycles. The fraction of sp³-hybridized carbons (Fsp3) is 0.0769. The van der Waals surface area contributed by atoms with Gasteiger partial charge in [-0.3, -0.25) is 4.79 Å². The Bertz CT molecular complexity index is 1340. The van der Waals surface area contributed by atoms with Gasteiger partial charge >= 0.3 is 6.18 Å². The van der Waals surface area contributed by atoms with Gasteiger partial charge in [0.05, 0.1) is 29.6 Å². The van der Waals surface area contributed by atoms with E-state index in [-0.39, 0.29) is 0 Å². The zero-order valence-corrected chi connectivity index (χ0v) is 17.9. The molecule has 0 saturated carbocycles. The van der Waals surface area contributed by atoms with Gasteiger partial charge in [-0.15, -0.1) is 0 Å². The van der Waals surface area contributed by atoms with Crippen LogP contribution in [-0.2, 0) is 6.18 Å². The van der Waals surface area contributed by atoms with E-state index in [4.69, 9.17) is 4.74 Å². The van der Waals surface area contributed by atoms with Gasteiger partial charge in [-0.25, -0.2) is 9.37 Å². The molecule has 1 heterocycles. The SMILES string of the molecule is COc1cccc(-c2cccc(-c3ccc(NC(=O)c4ccc(C(F)(F)F)cc4F)cc3)n2)c1.